The van der Waals surface area contributed by atoms with Crippen LogP contribution in [-0.4, -0.2) is 37.0 Å². The van der Waals surface area contributed by atoms with Crippen molar-refractivity contribution in [1.82, 2.24) is 10.2 Å². The monoisotopic (exact) mass is 332 g/mol. The zero-order chi connectivity index (χ0) is 17.4. The molecule has 1 aromatic rings. The van der Waals surface area contributed by atoms with Crippen LogP contribution >= 0.6 is 0 Å². The third-order valence-electron chi connectivity index (χ3n) is 4.49. The van der Waals surface area contributed by atoms with Gasteiger partial charge >= 0.3 is 0 Å². The second-order valence-corrected chi connectivity index (χ2v) is 7.02. The van der Waals surface area contributed by atoms with Crippen LogP contribution in [0.1, 0.15) is 58.1 Å². The smallest absolute Gasteiger partial charge is 0.220 e. The Morgan fingerprint density at radius 1 is 1.17 bits per heavy atom. The molecule has 1 aliphatic heterocycles. The van der Waals surface area contributed by atoms with Crippen molar-refractivity contribution in [2.75, 3.05) is 26.2 Å². The van der Waals surface area contributed by atoms with Gasteiger partial charge in [-0.1, -0.05) is 32.4 Å². The van der Waals surface area contributed by atoms with Crippen LogP contribution in [0.15, 0.2) is 24.3 Å². The molecule has 1 aliphatic rings. The molecule has 0 aliphatic carbocycles. The number of ether oxygens (including phenoxy) is 1. The predicted octanol–water partition coefficient (Wildman–Crippen LogP) is 3.77. The van der Waals surface area contributed by atoms with E-state index in [9.17, 15) is 4.79 Å². The molecule has 0 bridgehead atoms. The highest BCUT2D eigenvalue weighted by atomic mass is 16.5. The maximum absolute atomic E-state index is 12.1. The van der Waals surface area contributed by atoms with Crippen molar-refractivity contribution in [2.24, 2.45) is 5.92 Å². The van der Waals surface area contributed by atoms with Gasteiger partial charge in [-0.15, -0.1) is 0 Å². The van der Waals surface area contributed by atoms with Gasteiger partial charge in [-0.3, -0.25) is 9.69 Å². The normalized spacial score (nSPS) is 16.8. The summed E-state index contributed by atoms with van der Waals surface area (Å²) in [5.74, 6) is 1.45. The highest BCUT2D eigenvalue weighted by Gasteiger charge is 2.23. The Bertz CT molecular complexity index is 493. The average molecular weight is 332 g/mol. The van der Waals surface area contributed by atoms with Crippen LogP contribution in [-0.2, 0) is 4.79 Å². The third kappa shape index (κ3) is 5.82. The predicted molar refractivity (Wildman–Crippen MR) is 98.2 cm³/mol. The van der Waals surface area contributed by atoms with Gasteiger partial charge in [-0.25, -0.2) is 0 Å². The Balaban J connectivity index is 2.05. The van der Waals surface area contributed by atoms with E-state index in [0.717, 1.165) is 18.8 Å². The number of nitrogens with zero attached hydrogens (tertiary/aromatic N) is 1. The Labute approximate surface area is 146 Å². The van der Waals surface area contributed by atoms with Crippen LogP contribution in [0.4, 0.5) is 0 Å². The number of amides is 1. The van der Waals surface area contributed by atoms with Crippen molar-refractivity contribution in [3.8, 4) is 5.75 Å². The highest BCUT2D eigenvalue weighted by molar-refractivity contribution is 5.76. The first-order chi connectivity index (χ1) is 11.6. The maximum atomic E-state index is 12.1. The number of carbonyl (C=O) groups excluding carboxylic acids is 1. The molecule has 1 amide bonds. The fraction of sp³-hybridized carbons (Fsp3) is 0.650. The van der Waals surface area contributed by atoms with Gasteiger partial charge in [0.25, 0.3) is 0 Å². The Morgan fingerprint density at radius 2 is 1.83 bits per heavy atom. The Morgan fingerprint density at radius 3 is 2.42 bits per heavy atom. The topological polar surface area (TPSA) is 41.6 Å². The second-order valence-electron chi connectivity index (χ2n) is 7.02. The first kappa shape index (κ1) is 18.8. The van der Waals surface area contributed by atoms with Gasteiger partial charge in [-0.05, 0) is 56.5 Å². The van der Waals surface area contributed by atoms with Crippen molar-refractivity contribution >= 4 is 5.91 Å². The fourth-order valence-electron chi connectivity index (χ4n) is 3.29. The first-order valence-corrected chi connectivity index (χ1v) is 9.33. The van der Waals surface area contributed by atoms with Crippen LogP contribution in [0.3, 0.4) is 0 Å². The van der Waals surface area contributed by atoms with Gasteiger partial charge in [0.15, 0.2) is 0 Å². The summed E-state index contributed by atoms with van der Waals surface area (Å²) in [5.41, 5.74) is 1.25. The summed E-state index contributed by atoms with van der Waals surface area (Å²) in [6.07, 6.45) is 4.39. The minimum atomic E-state index is 0.151. The number of rotatable bonds is 8. The van der Waals surface area contributed by atoms with Crippen molar-refractivity contribution in [1.29, 1.82) is 0 Å². The number of carbonyl (C=O) groups is 1. The maximum Gasteiger partial charge on any atom is 0.220 e. The van der Waals surface area contributed by atoms with Crippen LogP contribution in [0.25, 0.3) is 0 Å². The zero-order valence-electron chi connectivity index (χ0n) is 15.4. The second kappa shape index (κ2) is 9.67. The number of likely N-dealkylation sites (tertiary alicyclic amines) is 1. The molecule has 2 rings (SSSR count). The van der Waals surface area contributed by atoms with Crippen molar-refractivity contribution in [3.05, 3.63) is 29.8 Å². The van der Waals surface area contributed by atoms with E-state index in [1.807, 2.05) is 19.1 Å². The van der Waals surface area contributed by atoms with Crippen molar-refractivity contribution in [3.63, 3.8) is 0 Å². The van der Waals surface area contributed by atoms with Gasteiger partial charge in [0.05, 0.1) is 12.6 Å². The van der Waals surface area contributed by atoms with Crippen LogP contribution < -0.4 is 10.1 Å². The number of benzene rings is 1. The lowest BCUT2D eigenvalue weighted by molar-refractivity contribution is -0.122. The van der Waals surface area contributed by atoms with Crippen molar-refractivity contribution in [2.45, 2.75) is 52.5 Å². The van der Waals surface area contributed by atoms with E-state index in [2.05, 4.69) is 36.2 Å². The highest BCUT2D eigenvalue weighted by Crippen LogP contribution is 2.26. The standard InChI is InChI=1S/C20H32N2O2/c1-4-24-18-10-8-17(9-11-18)19(22-12-6-5-7-13-22)15-21-20(23)14-16(2)3/h8-11,16,19H,4-7,12-15H2,1-3H3,(H,21,23). The van der Waals surface area contributed by atoms with Gasteiger partial charge in [0.2, 0.25) is 5.91 Å². The largest absolute Gasteiger partial charge is 0.494 e. The average Bonchev–Trinajstić information content (AvgIpc) is 2.57. The molecule has 24 heavy (non-hydrogen) atoms. The molecule has 0 spiro atoms. The summed E-state index contributed by atoms with van der Waals surface area (Å²) in [6.45, 7) is 9.73. The molecule has 1 atom stereocenters. The molecule has 1 unspecified atom stereocenters. The molecule has 1 aromatic carbocycles. The van der Waals surface area contributed by atoms with Gasteiger partial charge in [0.1, 0.15) is 5.75 Å². The van der Waals surface area contributed by atoms with Crippen LogP contribution in [0.2, 0.25) is 0 Å². The number of hydrogen-bond acceptors (Lipinski definition) is 3. The van der Waals surface area contributed by atoms with E-state index in [-0.39, 0.29) is 11.9 Å². The Kier molecular flexibility index (Phi) is 7.57. The van der Waals surface area contributed by atoms with Crippen LogP contribution in [0, 0.1) is 5.92 Å². The molecule has 4 nitrogen and oxygen atoms in total. The van der Waals surface area contributed by atoms with E-state index >= 15 is 0 Å². The van der Waals surface area contributed by atoms with Gasteiger partial charge < -0.3 is 10.1 Å². The molecule has 1 heterocycles. The summed E-state index contributed by atoms with van der Waals surface area (Å²) in [7, 11) is 0. The molecular formula is C20H32N2O2. The van der Waals surface area contributed by atoms with Gasteiger partial charge in [0, 0.05) is 13.0 Å². The Hall–Kier alpha value is -1.55. The minimum Gasteiger partial charge on any atom is -0.494 e. The fourth-order valence-corrected chi connectivity index (χ4v) is 3.29. The van der Waals surface area contributed by atoms with Gasteiger partial charge in [-0.2, -0.15) is 0 Å². The first-order valence-electron chi connectivity index (χ1n) is 9.33. The number of nitrogens with one attached hydrogen (secondary N) is 1. The quantitative estimate of drug-likeness (QED) is 0.788. The summed E-state index contributed by atoms with van der Waals surface area (Å²) in [6, 6.07) is 8.59. The minimum absolute atomic E-state index is 0.151. The lowest BCUT2D eigenvalue weighted by atomic mass is 10.0. The lowest BCUT2D eigenvalue weighted by Gasteiger charge is -2.35. The summed E-state index contributed by atoms with van der Waals surface area (Å²) in [4.78, 5) is 14.6. The van der Waals surface area contributed by atoms with E-state index in [1.54, 1.807) is 0 Å². The molecular weight excluding hydrogens is 300 g/mol. The van der Waals surface area contributed by atoms with Crippen molar-refractivity contribution < 1.29 is 9.53 Å². The van der Waals surface area contributed by atoms with Crippen LogP contribution in [0.5, 0.6) is 5.75 Å². The number of hydrogen-bond donors (Lipinski definition) is 1. The van der Waals surface area contributed by atoms with E-state index in [4.69, 9.17) is 4.74 Å². The molecule has 0 aromatic heterocycles. The molecule has 1 N–H and O–H groups in total. The molecule has 0 saturated carbocycles. The molecule has 1 fully saturated rings. The zero-order valence-corrected chi connectivity index (χ0v) is 15.4. The summed E-state index contributed by atoms with van der Waals surface area (Å²) < 4.78 is 5.54. The molecule has 1 saturated heterocycles. The molecule has 4 heteroatoms. The molecule has 134 valence electrons. The SMILES string of the molecule is CCOc1ccc(C(CNC(=O)CC(C)C)N2CCCCC2)cc1. The van der Waals surface area contributed by atoms with E-state index in [1.165, 1.54) is 24.8 Å². The summed E-state index contributed by atoms with van der Waals surface area (Å²) in [5, 5.41) is 3.14. The summed E-state index contributed by atoms with van der Waals surface area (Å²) >= 11 is 0. The van der Waals surface area contributed by atoms with E-state index in [0.29, 0.717) is 25.5 Å². The molecule has 0 radical (unpaired) electrons. The van der Waals surface area contributed by atoms with E-state index < -0.39 is 0 Å². The third-order valence-corrected chi connectivity index (χ3v) is 4.49. The lowest BCUT2D eigenvalue weighted by Crippen LogP contribution is -2.40. The number of piperidine rings is 1.